The second kappa shape index (κ2) is 9.05. The van der Waals surface area contributed by atoms with Gasteiger partial charge in [0.25, 0.3) is 17.1 Å². The lowest BCUT2D eigenvalue weighted by Gasteiger charge is -2.13. The number of hydrogen-bond acceptors (Lipinski definition) is 7. The lowest BCUT2D eigenvalue weighted by atomic mass is 10.2. The van der Waals surface area contributed by atoms with Crippen molar-refractivity contribution in [2.45, 2.75) is 20.0 Å². The van der Waals surface area contributed by atoms with Crippen LogP contribution in [0.4, 0.5) is 4.79 Å². The van der Waals surface area contributed by atoms with Crippen LogP contribution in [0.25, 0.3) is 6.08 Å². The molecule has 0 saturated carbocycles. The van der Waals surface area contributed by atoms with Crippen molar-refractivity contribution in [3.8, 4) is 5.75 Å². The number of amides is 3. The van der Waals surface area contributed by atoms with Gasteiger partial charge in [-0.25, -0.2) is 0 Å². The lowest BCUT2D eigenvalue weighted by Crippen LogP contribution is -2.35. The summed E-state index contributed by atoms with van der Waals surface area (Å²) in [4.78, 5) is 48.2. The number of primary amides is 1. The number of thioether (sulfide) groups is 1. The van der Waals surface area contributed by atoms with Gasteiger partial charge in [0.2, 0.25) is 0 Å². The van der Waals surface area contributed by atoms with Crippen LogP contribution in [-0.4, -0.2) is 47.2 Å². The molecular formula is C17H17BrN2O6S. The molecule has 0 bridgehead atoms. The van der Waals surface area contributed by atoms with Crippen molar-refractivity contribution in [1.29, 1.82) is 0 Å². The second-order valence-electron chi connectivity index (χ2n) is 5.74. The molecule has 0 spiro atoms. The number of rotatable bonds is 7. The highest BCUT2D eigenvalue weighted by molar-refractivity contribution is 9.10. The molecule has 3 amide bonds. The van der Waals surface area contributed by atoms with E-state index in [9.17, 15) is 19.2 Å². The first-order chi connectivity index (χ1) is 12.7. The maximum Gasteiger partial charge on any atom is 0.326 e. The van der Waals surface area contributed by atoms with Crippen molar-refractivity contribution in [2.75, 3.05) is 13.2 Å². The molecule has 8 nitrogen and oxygen atoms in total. The van der Waals surface area contributed by atoms with E-state index in [0.29, 0.717) is 27.5 Å². The summed E-state index contributed by atoms with van der Waals surface area (Å²) in [5.74, 6) is -1.59. The summed E-state index contributed by atoms with van der Waals surface area (Å²) in [5, 5.41) is -0.568. The first kappa shape index (κ1) is 21.0. The number of carbonyl (C=O) groups is 4. The second-order valence-corrected chi connectivity index (χ2v) is 7.65. The Kier molecular flexibility index (Phi) is 7.03. The Morgan fingerprint density at radius 2 is 2.04 bits per heavy atom. The molecule has 2 N–H and O–H groups in total. The highest BCUT2D eigenvalue weighted by atomic mass is 79.9. The number of imide groups is 1. The molecule has 144 valence electrons. The zero-order valence-electron chi connectivity index (χ0n) is 14.6. The first-order valence-corrected chi connectivity index (χ1v) is 9.44. The number of carbonyl (C=O) groups excluding carboxylic acids is 4. The van der Waals surface area contributed by atoms with Gasteiger partial charge in [-0.15, -0.1) is 0 Å². The third-order valence-electron chi connectivity index (χ3n) is 3.16. The van der Waals surface area contributed by atoms with Crippen LogP contribution in [0.15, 0.2) is 27.6 Å². The highest BCUT2D eigenvalue weighted by Crippen LogP contribution is 2.34. The maximum absolute atomic E-state index is 12.5. The minimum Gasteiger partial charge on any atom is -0.483 e. The molecule has 2 rings (SSSR count). The van der Waals surface area contributed by atoms with Crippen LogP contribution in [0.2, 0.25) is 0 Å². The topological polar surface area (TPSA) is 116 Å². The fraction of sp³-hybridized carbons (Fsp3) is 0.294. The van der Waals surface area contributed by atoms with E-state index in [4.69, 9.17) is 15.2 Å². The number of halogens is 1. The van der Waals surface area contributed by atoms with Gasteiger partial charge in [-0.1, -0.05) is 15.9 Å². The molecule has 0 atom stereocenters. The predicted octanol–water partition coefficient (Wildman–Crippen LogP) is 2.30. The molecule has 1 saturated heterocycles. The summed E-state index contributed by atoms with van der Waals surface area (Å²) in [6, 6.07) is 4.96. The number of ether oxygens (including phenoxy) is 2. The van der Waals surface area contributed by atoms with Crippen molar-refractivity contribution >= 4 is 56.8 Å². The van der Waals surface area contributed by atoms with Crippen LogP contribution in [0.3, 0.4) is 0 Å². The molecule has 10 heteroatoms. The SMILES string of the molecule is CC(C)OC(=O)CN1C(=O)S/C(=C\c2cc(Br)ccc2OCC(N)=O)C1=O. The zero-order chi connectivity index (χ0) is 20.1. The molecule has 27 heavy (non-hydrogen) atoms. The lowest BCUT2D eigenvalue weighted by molar-refractivity contribution is -0.149. The summed E-state index contributed by atoms with van der Waals surface area (Å²) in [5.41, 5.74) is 5.55. The number of esters is 1. The Hall–Kier alpha value is -2.33. The Morgan fingerprint density at radius 1 is 1.33 bits per heavy atom. The number of nitrogens with two attached hydrogens (primary N) is 1. The number of hydrogen-bond donors (Lipinski definition) is 1. The molecule has 1 aliphatic heterocycles. The highest BCUT2D eigenvalue weighted by Gasteiger charge is 2.37. The summed E-state index contributed by atoms with van der Waals surface area (Å²) in [6.45, 7) is 2.56. The molecule has 1 fully saturated rings. The fourth-order valence-electron chi connectivity index (χ4n) is 2.12. The molecule has 0 radical (unpaired) electrons. The van der Waals surface area contributed by atoms with Crippen LogP contribution < -0.4 is 10.5 Å². The zero-order valence-corrected chi connectivity index (χ0v) is 17.0. The van der Waals surface area contributed by atoms with E-state index in [1.54, 1.807) is 32.0 Å². The minimum absolute atomic E-state index is 0.124. The monoisotopic (exact) mass is 456 g/mol. The minimum atomic E-state index is -0.665. The average molecular weight is 457 g/mol. The van der Waals surface area contributed by atoms with Gasteiger partial charge in [-0.05, 0) is 49.9 Å². The third-order valence-corrected chi connectivity index (χ3v) is 4.56. The standard InChI is InChI=1S/C17H17BrN2O6S/c1-9(2)26-15(22)7-20-16(23)13(27-17(20)24)6-10-5-11(18)3-4-12(10)25-8-14(19)21/h3-6,9H,7-8H2,1-2H3,(H2,19,21)/b13-6-. The van der Waals surface area contributed by atoms with E-state index in [-0.39, 0.29) is 17.6 Å². The molecule has 0 unspecified atom stereocenters. The summed E-state index contributed by atoms with van der Waals surface area (Å²) < 4.78 is 11.0. The van der Waals surface area contributed by atoms with E-state index in [1.807, 2.05) is 0 Å². The molecule has 1 aromatic carbocycles. The van der Waals surface area contributed by atoms with Gasteiger partial charge < -0.3 is 15.2 Å². The van der Waals surface area contributed by atoms with E-state index >= 15 is 0 Å². The van der Waals surface area contributed by atoms with Crippen molar-refractivity contribution in [3.05, 3.63) is 33.1 Å². The summed E-state index contributed by atoms with van der Waals surface area (Å²) in [7, 11) is 0. The Labute approximate surface area is 168 Å². The molecule has 0 aromatic heterocycles. The molecule has 1 heterocycles. The number of nitrogens with zero attached hydrogens (tertiary/aromatic N) is 1. The third kappa shape index (κ3) is 5.83. The number of benzene rings is 1. The van der Waals surface area contributed by atoms with Crippen molar-refractivity contribution in [3.63, 3.8) is 0 Å². The van der Waals surface area contributed by atoms with Crippen LogP contribution in [-0.2, 0) is 19.1 Å². The smallest absolute Gasteiger partial charge is 0.326 e. The summed E-state index contributed by atoms with van der Waals surface area (Å²) in [6.07, 6.45) is 1.11. The maximum atomic E-state index is 12.5. The Balaban J connectivity index is 2.23. The van der Waals surface area contributed by atoms with Gasteiger partial charge in [0.05, 0.1) is 11.0 Å². The van der Waals surface area contributed by atoms with Gasteiger partial charge in [-0.2, -0.15) is 0 Å². The van der Waals surface area contributed by atoms with Crippen LogP contribution in [0, 0.1) is 0 Å². The average Bonchev–Trinajstić information content (AvgIpc) is 2.81. The van der Waals surface area contributed by atoms with Gasteiger partial charge in [-0.3, -0.25) is 24.1 Å². The molecular weight excluding hydrogens is 440 g/mol. The predicted molar refractivity (Wildman–Crippen MR) is 103 cm³/mol. The van der Waals surface area contributed by atoms with Crippen LogP contribution in [0.5, 0.6) is 5.75 Å². The molecule has 1 aromatic rings. The van der Waals surface area contributed by atoms with Crippen molar-refractivity contribution in [2.24, 2.45) is 5.73 Å². The molecule has 0 aliphatic carbocycles. The van der Waals surface area contributed by atoms with Gasteiger partial charge >= 0.3 is 5.97 Å². The summed E-state index contributed by atoms with van der Waals surface area (Å²) >= 11 is 4.02. The van der Waals surface area contributed by atoms with Gasteiger partial charge in [0.1, 0.15) is 12.3 Å². The van der Waals surface area contributed by atoms with Crippen molar-refractivity contribution in [1.82, 2.24) is 4.90 Å². The van der Waals surface area contributed by atoms with Gasteiger partial charge in [0, 0.05) is 10.0 Å². The van der Waals surface area contributed by atoms with E-state index in [1.165, 1.54) is 6.08 Å². The molecule has 1 aliphatic rings. The largest absolute Gasteiger partial charge is 0.483 e. The Bertz CT molecular complexity index is 824. The normalized spacial score (nSPS) is 15.6. The Morgan fingerprint density at radius 3 is 2.67 bits per heavy atom. The van der Waals surface area contributed by atoms with E-state index in [0.717, 1.165) is 4.90 Å². The quantitative estimate of drug-likeness (QED) is 0.493. The van der Waals surface area contributed by atoms with E-state index in [2.05, 4.69) is 15.9 Å². The van der Waals surface area contributed by atoms with E-state index < -0.39 is 29.6 Å². The fourth-order valence-corrected chi connectivity index (χ4v) is 3.33. The first-order valence-electron chi connectivity index (χ1n) is 7.83. The van der Waals surface area contributed by atoms with Gasteiger partial charge in [0.15, 0.2) is 6.61 Å². The van der Waals surface area contributed by atoms with Crippen LogP contribution >= 0.6 is 27.7 Å². The van der Waals surface area contributed by atoms with Crippen LogP contribution in [0.1, 0.15) is 19.4 Å². The van der Waals surface area contributed by atoms with Crippen molar-refractivity contribution < 1.29 is 28.7 Å².